The molecule has 1 saturated carbocycles. The van der Waals surface area contributed by atoms with Crippen LogP contribution in [-0.2, 0) is 0 Å². The number of aliphatic hydroxyl groups is 1. The predicted octanol–water partition coefficient (Wildman–Crippen LogP) is 3.89. The molecule has 0 unspecified atom stereocenters. The van der Waals surface area contributed by atoms with Crippen molar-refractivity contribution in [2.24, 2.45) is 11.8 Å². The van der Waals surface area contributed by atoms with Crippen molar-refractivity contribution in [3.63, 3.8) is 0 Å². The summed E-state index contributed by atoms with van der Waals surface area (Å²) < 4.78 is 0. The van der Waals surface area contributed by atoms with Gasteiger partial charge in [-0.25, -0.2) is 14.8 Å². The normalized spacial score (nSPS) is 18.4. The number of carbonyl (C=O) groups is 2. The van der Waals surface area contributed by atoms with Crippen LogP contribution in [0.2, 0.25) is 0 Å². The van der Waals surface area contributed by atoms with E-state index < -0.39 is 6.09 Å². The Morgan fingerprint density at radius 3 is 2.36 bits per heavy atom. The van der Waals surface area contributed by atoms with Crippen LogP contribution in [-0.4, -0.2) is 57.9 Å². The number of fused-ring (bicyclic) bond motifs is 1. The molecule has 0 spiro atoms. The highest BCUT2D eigenvalue weighted by molar-refractivity contribution is 6.07. The van der Waals surface area contributed by atoms with Crippen molar-refractivity contribution in [1.82, 2.24) is 20.6 Å². The molecule has 3 aromatic rings. The largest absolute Gasteiger partial charge is 0.465 e. The molecule has 9 nitrogen and oxygen atoms in total. The van der Waals surface area contributed by atoms with Gasteiger partial charge in [-0.05, 0) is 68.7 Å². The van der Waals surface area contributed by atoms with Crippen LogP contribution in [0.4, 0.5) is 10.6 Å². The number of amides is 2. The lowest BCUT2D eigenvalue weighted by Gasteiger charge is -2.28. The summed E-state index contributed by atoms with van der Waals surface area (Å²) in [6.45, 7) is 2.96. The van der Waals surface area contributed by atoms with E-state index in [1.54, 1.807) is 6.20 Å². The molecule has 190 valence electrons. The maximum absolute atomic E-state index is 13.3. The predicted molar refractivity (Wildman–Crippen MR) is 139 cm³/mol. The van der Waals surface area contributed by atoms with Crippen molar-refractivity contribution in [2.45, 2.75) is 38.6 Å². The molecular weight excluding hydrogens is 458 g/mol. The lowest BCUT2D eigenvalue weighted by atomic mass is 9.82. The fraction of sp³-hybridized carbons (Fsp3) is 0.407. The average Bonchev–Trinajstić information content (AvgIpc) is 2.90. The van der Waals surface area contributed by atoms with Crippen molar-refractivity contribution >= 4 is 28.7 Å². The monoisotopic (exact) mass is 491 g/mol. The maximum Gasteiger partial charge on any atom is 0.404 e. The number of hydrogen-bond acceptors (Lipinski definition) is 6. The van der Waals surface area contributed by atoms with Gasteiger partial charge in [-0.2, -0.15) is 0 Å². The van der Waals surface area contributed by atoms with Gasteiger partial charge in [0.15, 0.2) is 0 Å². The van der Waals surface area contributed by atoms with Gasteiger partial charge in [0.1, 0.15) is 5.82 Å². The van der Waals surface area contributed by atoms with Crippen molar-refractivity contribution in [2.75, 3.05) is 25.0 Å². The van der Waals surface area contributed by atoms with Crippen molar-refractivity contribution in [1.29, 1.82) is 0 Å². The number of hydrogen-bond donors (Lipinski definition) is 5. The van der Waals surface area contributed by atoms with E-state index in [0.717, 1.165) is 42.1 Å². The highest BCUT2D eigenvalue weighted by Gasteiger charge is 2.23. The van der Waals surface area contributed by atoms with Crippen LogP contribution in [0.3, 0.4) is 0 Å². The van der Waals surface area contributed by atoms with Gasteiger partial charge in [-0.1, -0.05) is 18.2 Å². The number of para-hydroxylation sites is 1. The van der Waals surface area contributed by atoms with Gasteiger partial charge in [0.2, 0.25) is 0 Å². The van der Waals surface area contributed by atoms with E-state index in [1.165, 1.54) is 0 Å². The molecule has 2 heterocycles. The molecule has 0 bridgehead atoms. The smallest absolute Gasteiger partial charge is 0.404 e. The number of anilines is 1. The Balaban J connectivity index is 1.45. The highest BCUT2D eigenvalue weighted by atomic mass is 16.4. The molecule has 1 atom stereocenters. The van der Waals surface area contributed by atoms with Crippen LogP contribution in [0, 0.1) is 11.8 Å². The quantitative estimate of drug-likeness (QED) is 0.306. The van der Waals surface area contributed by atoms with Gasteiger partial charge in [0.05, 0.1) is 23.4 Å². The lowest BCUT2D eigenvalue weighted by Crippen LogP contribution is -2.34. The minimum atomic E-state index is -0.979. The number of benzene rings is 1. The standard InChI is InChI=1S/C27H33N5O4/c1-17(16-33)31-25-11-10-20(15-28-25)24-12-22(21-4-2-3-5-23(21)32-24)26(34)29-13-18-6-8-19(9-7-18)14-30-27(35)36/h2-5,10-12,15,17-19,30,33H,6-9,13-14,16H2,1H3,(H,28,31)(H,29,34)(H,35,36)/t17-,18-,19-/m0/s1. The SMILES string of the molecule is C[C@@H](CO)Nc1ccc(-c2cc(C(=O)NC[C@H]3CC[C@H](CNC(=O)O)CC3)c3ccccc3n2)cn1. The Hall–Kier alpha value is -3.72. The first-order valence-corrected chi connectivity index (χ1v) is 12.4. The first-order chi connectivity index (χ1) is 17.4. The zero-order chi connectivity index (χ0) is 25.5. The maximum atomic E-state index is 13.3. The lowest BCUT2D eigenvalue weighted by molar-refractivity contribution is 0.0942. The summed E-state index contributed by atoms with van der Waals surface area (Å²) in [5.41, 5.74) is 2.78. The molecule has 9 heteroatoms. The van der Waals surface area contributed by atoms with Gasteiger partial charge in [-0.15, -0.1) is 0 Å². The van der Waals surface area contributed by atoms with Crippen LogP contribution < -0.4 is 16.0 Å². The second-order valence-electron chi connectivity index (χ2n) is 9.52. The molecule has 5 N–H and O–H groups in total. The zero-order valence-corrected chi connectivity index (χ0v) is 20.4. The molecule has 1 fully saturated rings. The number of nitrogens with zero attached hydrogens (tertiary/aromatic N) is 2. The Kier molecular flexibility index (Phi) is 8.32. The number of carboxylic acid groups (broad SMARTS) is 1. The van der Waals surface area contributed by atoms with E-state index in [0.29, 0.717) is 42.0 Å². The molecule has 2 amide bonds. The molecule has 0 aliphatic heterocycles. The van der Waals surface area contributed by atoms with Gasteiger partial charge < -0.3 is 26.2 Å². The van der Waals surface area contributed by atoms with Crippen LogP contribution in [0.5, 0.6) is 0 Å². The average molecular weight is 492 g/mol. The first-order valence-electron chi connectivity index (χ1n) is 12.4. The van der Waals surface area contributed by atoms with E-state index in [9.17, 15) is 14.7 Å². The zero-order valence-electron chi connectivity index (χ0n) is 20.4. The van der Waals surface area contributed by atoms with Gasteiger partial charge in [-0.3, -0.25) is 4.79 Å². The first kappa shape index (κ1) is 25.4. The summed E-state index contributed by atoms with van der Waals surface area (Å²) in [7, 11) is 0. The Morgan fingerprint density at radius 1 is 1.03 bits per heavy atom. The molecule has 0 radical (unpaired) electrons. The van der Waals surface area contributed by atoms with Crippen LogP contribution in [0.15, 0.2) is 48.7 Å². The minimum absolute atomic E-state index is 0.0114. The Morgan fingerprint density at radius 2 is 1.72 bits per heavy atom. The van der Waals surface area contributed by atoms with Crippen molar-refractivity contribution in [3.8, 4) is 11.3 Å². The second-order valence-corrected chi connectivity index (χ2v) is 9.52. The van der Waals surface area contributed by atoms with Crippen LogP contribution >= 0.6 is 0 Å². The van der Waals surface area contributed by atoms with E-state index in [2.05, 4.69) is 20.9 Å². The Labute approximate surface area is 210 Å². The minimum Gasteiger partial charge on any atom is -0.465 e. The van der Waals surface area contributed by atoms with Gasteiger partial charge >= 0.3 is 6.09 Å². The fourth-order valence-corrected chi connectivity index (χ4v) is 4.64. The van der Waals surface area contributed by atoms with E-state index in [-0.39, 0.29) is 18.6 Å². The third-order valence-corrected chi connectivity index (χ3v) is 6.75. The topological polar surface area (TPSA) is 136 Å². The van der Waals surface area contributed by atoms with Crippen LogP contribution in [0.25, 0.3) is 22.2 Å². The summed E-state index contributed by atoms with van der Waals surface area (Å²) in [5.74, 6) is 1.27. The van der Waals surface area contributed by atoms with E-state index in [1.807, 2.05) is 49.4 Å². The molecular formula is C27H33N5O4. The summed E-state index contributed by atoms with van der Waals surface area (Å²) >= 11 is 0. The molecule has 1 aliphatic carbocycles. The molecule has 36 heavy (non-hydrogen) atoms. The number of pyridine rings is 2. The van der Waals surface area contributed by atoms with Gasteiger partial charge in [0, 0.05) is 36.3 Å². The summed E-state index contributed by atoms with van der Waals surface area (Å²) in [4.78, 5) is 33.2. The van der Waals surface area contributed by atoms with Crippen molar-refractivity contribution < 1.29 is 19.8 Å². The number of rotatable bonds is 9. The Bertz CT molecular complexity index is 1190. The number of nitrogens with one attached hydrogen (secondary N) is 3. The molecule has 1 aromatic carbocycles. The van der Waals surface area contributed by atoms with E-state index in [4.69, 9.17) is 10.1 Å². The summed E-state index contributed by atoms with van der Waals surface area (Å²) in [6.07, 6.45) is 4.58. The number of carbonyl (C=O) groups excluding carboxylic acids is 1. The third kappa shape index (κ3) is 6.48. The fourth-order valence-electron chi connectivity index (χ4n) is 4.64. The van der Waals surface area contributed by atoms with Crippen molar-refractivity contribution in [3.05, 3.63) is 54.2 Å². The summed E-state index contributed by atoms with van der Waals surface area (Å²) in [5, 5.41) is 27.5. The third-order valence-electron chi connectivity index (χ3n) is 6.75. The van der Waals surface area contributed by atoms with E-state index >= 15 is 0 Å². The molecule has 4 rings (SSSR count). The highest BCUT2D eigenvalue weighted by Crippen LogP contribution is 2.29. The molecule has 1 aliphatic rings. The second kappa shape index (κ2) is 11.8. The molecule has 2 aromatic heterocycles. The molecule has 0 saturated heterocycles. The van der Waals surface area contributed by atoms with Gasteiger partial charge in [0.25, 0.3) is 5.91 Å². The number of aromatic nitrogens is 2. The number of aliphatic hydroxyl groups excluding tert-OH is 1. The van der Waals surface area contributed by atoms with Crippen LogP contribution in [0.1, 0.15) is 43.0 Å². The summed E-state index contributed by atoms with van der Waals surface area (Å²) in [6, 6.07) is 13.0.